The van der Waals surface area contributed by atoms with E-state index in [4.69, 9.17) is 0 Å². The molecule has 2 rings (SSSR count). The first-order chi connectivity index (χ1) is 8.86. The maximum Gasteiger partial charge on any atom is 0.0434 e. The van der Waals surface area contributed by atoms with Crippen LogP contribution in [0, 0.1) is 34.6 Å². The van der Waals surface area contributed by atoms with E-state index >= 15 is 0 Å². The summed E-state index contributed by atoms with van der Waals surface area (Å²) >= 11 is 0. The molecular weight excluding hydrogens is 232 g/mol. The third kappa shape index (κ3) is 2.27. The fourth-order valence-electron chi connectivity index (χ4n) is 3.28. The Kier molecular flexibility index (Phi) is 3.91. The summed E-state index contributed by atoms with van der Waals surface area (Å²) in [7, 11) is 0. The summed E-state index contributed by atoms with van der Waals surface area (Å²) < 4.78 is 0. The monoisotopic (exact) mass is 260 g/mol. The van der Waals surface area contributed by atoms with Crippen LogP contribution in [0.2, 0.25) is 0 Å². The molecule has 2 heteroatoms. The molecule has 1 fully saturated rings. The molecule has 19 heavy (non-hydrogen) atoms. The van der Waals surface area contributed by atoms with Crippen molar-refractivity contribution in [2.24, 2.45) is 0 Å². The van der Waals surface area contributed by atoms with Crippen molar-refractivity contribution in [1.29, 1.82) is 0 Å². The van der Waals surface area contributed by atoms with Crippen LogP contribution in [0.5, 0.6) is 0 Å². The van der Waals surface area contributed by atoms with Gasteiger partial charge in [-0.25, -0.2) is 0 Å². The molecule has 1 aromatic rings. The molecule has 0 saturated carbocycles. The zero-order valence-corrected chi connectivity index (χ0v) is 13.5. The SMILES string of the molecule is Cc1c(C)c(C)c(N2CCNC(C)C2C)c(C)c1C. The summed E-state index contributed by atoms with van der Waals surface area (Å²) in [6.07, 6.45) is 0. The number of nitrogens with zero attached hydrogens (tertiary/aromatic N) is 1. The molecule has 0 radical (unpaired) electrons. The normalized spacial score (nSPS) is 23.8. The Bertz CT molecular complexity index is 462. The second-order valence-electron chi connectivity index (χ2n) is 6.15. The summed E-state index contributed by atoms with van der Waals surface area (Å²) in [5, 5.41) is 3.57. The summed E-state index contributed by atoms with van der Waals surface area (Å²) in [6.45, 7) is 18.1. The molecule has 0 aromatic heterocycles. The highest BCUT2D eigenvalue weighted by Crippen LogP contribution is 2.34. The van der Waals surface area contributed by atoms with E-state index in [1.807, 2.05) is 0 Å². The van der Waals surface area contributed by atoms with Crippen molar-refractivity contribution < 1.29 is 0 Å². The Balaban J connectivity index is 2.56. The predicted octanol–water partition coefficient (Wildman–Crippen LogP) is 3.42. The summed E-state index contributed by atoms with van der Waals surface area (Å²) in [6, 6.07) is 1.10. The maximum atomic E-state index is 3.57. The van der Waals surface area contributed by atoms with Gasteiger partial charge in [-0.15, -0.1) is 0 Å². The lowest BCUT2D eigenvalue weighted by molar-refractivity contribution is 0.403. The number of anilines is 1. The van der Waals surface area contributed by atoms with Crippen molar-refractivity contribution in [2.75, 3.05) is 18.0 Å². The molecule has 106 valence electrons. The number of piperazine rings is 1. The highest BCUT2D eigenvalue weighted by Gasteiger charge is 2.27. The fraction of sp³-hybridized carbons (Fsp3) is 0.647. The minimum absolute atomic E-state index is 0.549. The van der Waals surface area contributed by atoms with E-state index in [1.165, 1.54) is 33.5 Å². The Morgan fingerprint density at radius 2 is 1.32 bits per heavy atom. The molecule has 2 atom stereocenters. The first-order valence-corrected chi connectivity index (χ1v) is 7.43. The van der Waals surface area contributed by atoms with E-state index in [1.54, 1.807) is 0 Å². The molecule has 0 spiro atoms. The van der Waals surface area contributed by atoms with Gasteiger partial charge in [-0.3, -0.25) is 0 Å². The van der Waals surface area contributed by atoms with Crippen LogP contribution >= 0.6 is 0 Å². The van der Waals surface area contributed by atoms with Gasteiger partial charge in [0, 0.05) is 30.9 Å². The van der Waals surface area contributed by atoms with Gasteiger partial charge in [0.2, 0.25) is 0 Å². The van der Waals surface area contributed by atoms with Gasteiger partial charge in [0.1, 0.15) is 0 Å². The number of rotatable bonds is 1. The van der Waals surface area contributed by atoms with Crippen LogP contribution in [-0.4, -0.2) is 25.2 Å². The number of nitrogens with one attached hydrogen (secondary N) is 1. The zero-order valence-electron chi connectivity index (χ0n) is 13.5. The molecule has 0 amide bonds. The molecule has 2 nitrogen and oxygen atoms in total. The first kappa shape index (κ1) is 14.4. The Morgan fingerprint density at radius 1 is 0.842 bits per heavy atom. The average molecular weight is 260 g/mol. The van der Waals surface area contributed by atoms with Crippen LogP contribution in [0.3, 0.4) is 0 Å². The third-order valence-corrected chi connectivity index (χ3v) is 5.28. The highest BCUT2D eigenvalue weighted by atomic mass is 15.2. The zero-order chi connectivity index (χ0) is 14.3. The topological polar surface area (TPSA) is 15.3 Å². The van der Waals surface area contributed by atoms with Gasteiger partial charge >= 0.3 is 0 Å². The van der Waals surface area contributed by atoms with Crippen LogP contribution in [0.1, 0.15) is 41.7 Å². The Labute approximate surface area is 118 Å². The van der Waals surface area contributed by atoms with E-state index < -0.39 is 0 Å². The largest absolute Gasteiger partial charge is 0.366 e. The minimum atomic E-state index is 0.549. The van der Waals surface area contributed by atoms with Crippen LogP contribution in [0.25, 0.3) is 0 Å². The highest BCUT2D eigenvalue weighted by molar-refractivity contribution is 5.67. The van der Waals surface area contributed by atoms with E-state index in [0.717, 1.165) is 13.1 Å². The van der Waals surface area contributed by atoms with Gasteiger partial charge in [-0.1, -0.05) is 0 Å². The fourth-order valence-corrected chi connectivity index (χ4v) is 3.28. The van der Waals surface area contributed by atoms with Gasteiger partial charge in [-0.05, 0) is 76.3 Å². The standard InChI is InChI=1S/C17H28N2/c1-10-11(2)13(4)17(14(5)12(10)3)19-9-8-18-15(6)16(19)7/h15-16,18H,8-9H2,1-7H3. The smallest absolute Gasteiger partial charge is 0.0434 e. The first-order valence-electron chi connectivity index (χ1n) is 7.43. The molecule has 1 heterocycles. The third-order valence-electron chi connectivity index (χ3n) is 5.28. The molecule has 1 N–H and O–H groups in total. The molecule has 0 bridgehead atoms. The van der Waals surface area contributed by atoms with Crippen LogP contribution in [-0.2, 0) is 0 Å². The number of hydrogen-bond acceptors (Lipinski definition) is 2. The van der Waals surface area contributed by atoms with Crippen molar-refractivity contribution in [3.63, 3.8) is 0 Å². The van der Waals surface area contributed by atoms with E-state index in [9.17, 15) is 0 Å². The molecule has 1 aromatic carbocycles. The van der Waals surface area contributed by atoms with Gasteiger partial charge < -0.3 is 10.2 Å². The van der Waals surface area contributed by atoms with Crippen molar-refractivity contribution in [3.05, 3.63) is 27.8 Å². The lowest BCUT2D eigenvalue weighted by Gasteiger charge is -2.42. The van der Waals surface area contributed by atoms with Gasteiger partial charge in [0.25, 0.3) is 0 Å². The molecule has 0 aliphatic carbocycles. The lowest BCUT2D eigenvalue weighted by Crippen LogP contribution is -2.56. The Morgan fingerprint density at radius 3 is 1.84 bits per heavy atom. The number of hydrogen-bond donors (Lipinski definition) is 1. The van der Waals surface area contributed by atoms with E-state index in [2.05, 4.69) is 58.7 Å². The predicted molar refractivity (Wildman–Crippen MR) is 84.4 cm³/mol. The second-order valence-corrected chi connectivity index (χ2v) is 6.15. The Hall–Kier alpha value is -1.02. The molecule has 2 unspecified atom stereocenters. The quantitative estimate of drug-likeness (QED) is 0.832. The van der Waals surface area contributed by atoms with Gasteiger partial charge in [0.05, 0.1) is 0 Å². The van der Waals surface area contributed by atoms with Crippen molar-refractivity contribution in [1.82, 2.24) is 5.32 Å². The number of benzene rings is 1. The molecule has 1 saturated heterocycles. The summed E-state index contributed by atoms with van der Waals surface area (Å²) in [4.78, 5) is 2.60. The van der Waals surface area contributed by atoms with Gasteiger partial charge in [0.15, 0.2) is 0 Å². The van der Waals surface area contributed by atoms with Crippen LogP contribution in [0.15, 0.2) is 0 Å². The molecule has 1 aliphatic heterocycles. The second kappa shape index (κ2) is 5.16. The van der Waals surface area contributed by atoms with Gasteiger partial charge in [-0.2, -0.15) is 0 Å². The van der Waals surface area contributed by atoms with E-state index in [-0.39, 0.29) is 0 Å². The van der Waals surface area contributed by atoms with Crippen LogP contribution in [0.4, 0.5) is 5.69 Å². The van der Waals surface area contributed by atoms with Crippen molar-refractivity contribution in [2.45, 2.75) is 60.5 Å². The van der Waals surface area contributed by atoms with E-state index in [0.29, 0.717) is 12.1 Å². The maximum absolute atomic E-state index is 3.57. The summed E-state index contributed by atoms with van der Waals surface area (Å²) in [5.41, 5.74) is 8.76. The van der Waals surface area contributed by atoms with Crippen LogP contribution < -0.4 is 10.2 Å². The summed E-state index contributed by atoms with van der Waals surface area (Å²) in [5.74, 6) is 0. The van der Waals surface area contributed by atoms with Crippen molar-refractivity contribution >= 4 is 5.69 Å². The lowest BCUT2D eigenvalue weighted by atomic mass is 9.91. The minimum Gasteiger partial charge on any atom is -0.366 e. The molecule has 1 aliphatic rings. The molecular formula is C17H28N2. The van der Waals surface area contributed by atoms with Crippen molar-refractivity contribution in [3.8, 4) is 0 Å². The average Bonchev–Trinajstić information content (AvgIpc) is 2.39.